The van der Waals surface area contributed by atoms with E-state index in [1.165, 1.54) is 5.56 Å². The van der Waals surface area contributed by atoms with Gasteiger partial charge in [0.2, 0.25) is 0 Å². The third-order valence-electron chi connectivity index (χ3n) is 2.91. The molecule has 0 saturated heterocycles. The number of aryl methyl sites for hydroxylation is 2. The summed E-state index contributed by atoms with van der Waals surface area (Å²) in [6, 6.07) is 2.06. The number of pyridine rings is 1. The van der Waals surface area contributed by atoms with Gasteiger partial charge in [0, 0.05) is 6.42 Å². The van der Waals surface area contributed by atoms with Crippen molar-refractivity contribution in [2.45, 2.75) is 46.5 Å². The minimum atomic E-state index is 0.394. The van der Waals surface area contributed by atoms with Crippen molar-refractivity contribution in [2.24, 2.45) is 0 Å². The maximum absolute atomic E-state index is 6.42. The summed E-state index contributed by atoms with van der Waals surface area (Å²) in [6.45, 7) is 8.49. The lowest BCUT2D eigenvalue weighted by Crippen LogP contribution is -2.01. The zero-order valence-electron chi connectivity index (χ0n) is 10.8. The summed E-state index contributed by atoms with van der Waals surface area (Å²) < 4.78 is 1.76. The standard InChI is InChI=1S/C13H18ClN3/c1-5-6-10-15-11-7-9(4)12(8(2)3)13(14)17(11)16-10/h7-8H,5-6H2,1-4H3. The molecule has 4 heteroatoms. The van der Waals surface area contributed by atoms with Gasteiger partial charge in [0.05, 0.1) is 0 Å². The number of hydrogen-bond acceptors (Lipinski definition) is 2. The van der Waals surface area contributed by atoms with E-state index in [1.807, 2.05) is 0 Å². The van der Waals surface area contributed by atoms with Gasteiger partial charge in [-0.2, -0.15) is 0 Å². The van der Waals surface area contributed by atoms with Crippen molar-refractivity contribution >= 4 is 17.2 Å². The molecule has 0 aliphatic rings. The molecule has 0 aliphatic carbocycles. The molecular weight excluding hydrogens is 234 g/mol. The van der Waals surface area contributed by atoms with Gasteiger partial charge in [-0.25, -0.2) is 9.50 Å². The summed E-state index contributed by atoms with van der Waals surface area (Å²) >= 11 is 6.42. The normalized spacial score (nSPS) is 11.6. The van der Waals surface area contributed by atoms with Crippen LogP contribution >= 0.6 is 11.6 Å². The Morgan fingerprint density at radius 1 is 1.41 bits per heavy atom. The quantitative estimate of drug-likeness (QED) is 0.778. The lowest BCUT2D eigenvalue weighted by atomic mass is 10.0. The summed E-state index contributed by atoms with van der Waals surface area (Å²) in [6.07, 6.45) is 1.94. The number of hydrogen-bond donors (Lipinski definition) is 0. The van der Waals surface area contributed by atoms with Gasteiger partial charge in [-0.1, -0.05) is 32.4 Å². The fourth-order valence-corrected chi connectivity index (χ4v) is 2.67. The maximum atomic E-state index is 6.42. The summed E-state index contributed by atoms with van der Waals surface area (Å²) in [5.74, 6) is 1.26. The van der Waals surface area contributed by atoms with Crippen LogP contribution in [0.3, 0.4) is 0 Å². The van der Waals surface area contributed by atoms with Crippen molar-refractivity contribution in [3.63, 3.8) is 0 Å². The molecular formula is C13H18ClN3. The van der Waals surface area contributed by atoms with Crippen LogP contribution in [-0.2, 0) is 6.42 Å². The van der Waals surface area contributed by atoms with E-state index in [4.69, 9.17) is 11.6 Å². The topological polar surface area (TPSA) is 30.2 Å². The van der Waals surface area contributed by atoms with Gasteiger partial charge >= 0.3 is 0 Å². The lowest BCUT2D eigenvalue weighted by Gasteiger charge is -2.12. The van der Waals surface area contributed by atoms with Crippen LogP contribution in [0, 0.1) is 6.92 Å². The van der Waals surface area contributed by atoms with E-state index in [1.54, 1.807) is 4.52 Å². The highest BCUT2D eigenvalue weighted by atomic mass is 35.5. The van der Waals surface area contributed by atoms with E-state index in [9.17, 15) is 0 Å². The fraction of sp³-hybridized carbons (Fsp3) is 0.538. The molecule has 2 rings (SSSR count). The predicted molar refractivity (Wildman–Crippen MR) is 70.8 cm³/mol. The third kappa shape index (κ3) is 2.16. The first-order chi connectivity index (χ1) is 8.04. The number of aromatic nitrogens is 3. The molecule has 0 spiro atoms. The molecule has 0 aromatic carbocycles. The highest BCUT2D eigenvalue weighted by Gasteiger charge is 2.15. The molecule has 0 amide bonds. The smallest absolute Gasteiger partial charge is 0.157 e. The van der Waals surface area contributed by atoms with Crippen molar-refractivity contribution in [1.29, 1.82) is 0 Å². The number of rotatable bonds is 3. The summed E-state index contributed by atoms with van der Waals surface area (Å²) in [5, 5.41) is 5.16. The molecule has 0 fully saturated rings. The van der Waals surface area contributed by atoms with Crippen molar-refractivity contribution in [1.82, 2.24) is 14.6 Å². The Morgan fingerprint density at radius 2 is 2.12 bits per heavy atom. The van der Waals surface area contributed by atoms with E-state index in [0.717, 1.165) is 29.9 Å². The van der Waals surface area contributed by atoms with Gasteiger partial charge < -0.3 is 0 Å². The highest BCUT2D eigenvalue weighted by Crippen LogP contribution is 2.28. The van der Waals surface area contributed by atoms with Gasteiger partial charge in [-0.3, -0.25) is 0 Å². The molecule has 0 bridgehead atoms. The Labute approximate surface area is 107 Å². The fourth-order valence-electron chi connectivity index (χ4n) is 2.18. The Bertz CT molecular complexity index is 543. The van der Waals surface area contributed by atoms with Crippen LogP contribution in [0.1, 0.15) is 50.1 Å². The molecule has 0 N–H and O–H groups in total. The van der Waals surface area contributed by atoms with E-state index in [-0.39, 0.29) is 0 Å². The lowest BCUT2D eigenvalue weighted by molar-refractivity contribution is 0.798. The molecule has 0 radical (unpaired) electrons. The van der Waals surface area contributed by atoms with Crippen LogP contribution < -0.4 is 0 Å². The molecule has 3 nitrogen and oxygen atoms in total. The molecule has 2 aromatic heterocycles. The van der Waals surface area contributed by atoms with Crippen molar-refractivity contribution in [2.75, 3.05) is 0 Å². The number of fused-ring (bicyclic) bond motifs is 1. The van der Waals surface area contributed by atoms with E-state index >= 15 is 0 Å². The van der Waals surface area contributed by atoms with Crippen LogP contribution in [0.2, 0.25) is 5.15 Å². The van der Waals surface area contributed by atoms with Crippen LogP contribution in [0.5, 0.6) is 0 Å². The Hall–Kier alpha value is -1.09. The van der Waals surface area contributed by atoms with Crippen molar-refractivity contribution in [3.05, 3.63) is 28.2 Å². The molecule has 0 aliphatic heterocycles. The second-order valence-corrected chi connectivity index (χ2v) is 5.09. The SMILES string of the molecule is CCCc1nc2cc(C)c(C(C)C)c(Cl)n2n1. The predicted octanol–water partition coefficient (Wildman–Crippen LogP) is 3.77. The van der Waals surface area contributed by atoms with Crippen LogP contribution in [-0.4, -0.2) is 14.6 Å². The second kappa shape index (κ2) is 4.65. The third-order valence-corrected chi connectivity index (χ3v) is 3.27. The highest BCUT2D eigenvalue weighted by molar-refractivity contribution is 6.30. The second-order valence-electron chi connectivity index (χ2n) is 4.73. The van der Waals surface area contributed by atoms with Crippen molar-refractivity contribution in [3.8, 4) is 0 Å². The van der Waals surface area contributed by atoms with Crippen LogP contribution in [0.25, 0.3) is 5.65 Å². The Morgan fingerprint density at radius 3 is 2.71 bits per heavy atom. The first-order valence-electron chi connectivity index (χ1n) is 6.09. The zero-order valence-corrected chi connectivity index (χ0v) is 11.5. The molecule has 92 valence electrons. The molecule has 2 heterocycles. The average Bonchev–Trinajstić information content (AvgIpc) is 2.60. The largest absolute Gasteiger partial charge is 0.212 e. The van der Waals surface area contributed by atoms with Crippen LogP contribution in [0.15, 0.2) is 6.07 Å². The van der Waals surface area contributed by atoms with Gasteiger partial charge in [-0.15, -0.1) is 5.10 Å². The minimum Gasteiger partial charge on any atom is -0.212 e. The molecule has 2 aromatic rings. The van der Waals surface area contributed by atoms with E-state index in [0.29, 0.717) is 11.1 Å². The number of nitrogens with zero attached hydrogens (tertiary/aromatic N) is 3. The molecule has 0 saturated carbocycles. The van der Waals surface area contributed by atoms with Gasteiger partial charge in [0.15, 0.2) is 11.5 Å². The molecule has 0 unspecified atom stereocenters. The zero-order chi connectivity index (χ0) is 12.6. The van der Waals surface area contributed by atoms with Crippen LogP contribution in [0.4, 0.5) is 0 Å². The Kier molecular flexibility index (Phi) is 3.38. The van der Waals surface area contributed by atoms with Gasteiger partial charge in [-0.05, 0) is 36.5 Å². The van der Waals surface area contributed by atoms with Gasteiger partial charge in [0.25, 0.3) is 0 Å². The van der Waals surface area contributed by atoms with E-state index in [2.05, 4.69) is 43.8 Å². The van der Waals surface area contributed by atoms with Crippen molar-refractivity contribution < 1.29 is 0 Å². The Balaban J connectivity index is 2.65. The minimum absolute atomic E-state index is 0.394. The summed E-state index contributed by atoms with van der Waals surface area (Å²) in [4.78, 5) is 4.49. The summed E-state index contributed by atoms with van der Waals surface area (Å²) in [5.41, 5.74) is 3.19. The first kappa shape index (κ1) is 12.4. The monoisotopic (exact) mass is 251 g/mol. The first-order valence-corrected chi connectivity index (χ1v) is 6.47. The average molecular weight is 252 g/mol. The summed E-state index contributed by atoms with van der Waals surface area (Å²) in [7, 11) is 0. The number of halogens is 1. The molecule has 17 heavy (non-hydrogen) atoms. The van der Waals surface area contributed by atoms with E-state index < -0.39 is 0 Å². The molecule has 0 atom stereocenters. The van der Waals surface area contributed by atoms with Gasteiger partial charge in [0.1, 0.15) is 5.15 Å². The maximum Gasteiger partial charge on any atom is 0.157 e.